The topological polar surface area (TPSA) is 71.7 Å². The number of aliphatic imine (C=N–C) groups is 1. The fourth-order valence-corrected chi connectivity index (χ4v) is 2.82. The number of benzene rings is 2. The van der Waals surface area contributed by atoms with Crippen LogP contribution in [0, 0.1) is 0 Å². The summed E-state index contributed by atoms with van der Waals surface area (Å²) in [7, 11) is 1.75. The highest BCUT2D eigenvalue weighted by Crippen LogP contribution is 2.22. The Morgan fingerprint density at radius 1 is 1.00 bits per heavy atom. The Labute approximate surface area is 201 Å². The summed E-state index contributed by atoms with van der Waals surface area (Å²) in [6.07, 6.45) is 1.79. The first-order valence-electron chi connectivity index (χ1n) is 10.1. The van der Waals surface area contributed by atoms with Crippen LogP contribution >= 0.6 is 24.0 Å². The molecule has 0 fully saturated rings. The molecule has 0 spiro atoms. The second-order valence-electron chi connectivity index (χ2n) is 8.07. The molecule has 3 rings (SSSR count). The zero-order chi connectivity index (χ0) is 21.4. The summed E-state index contributed by atoms with van der Waals surface area (Å²) >= 11 is 0. The number of rotatable bonds is 7. The molecule has 0 aliphatic rings. The first-order valence-corrected chi connectivity index (χ1v) is 10.1. The fraction of sp³-hybridized carbons (Fsp3) is 0.333. The van der Waals surface area contributed by atoms with E-state index >= 15 is 0 Å². The number of halogens is 1. The summed E-state index contributed by atoms with van der Waals surface area (Å²) in [6.45, 7) is 7.96. The van der Waals surface area contributed by atoms with Gasteiger partial charge in [-0.25, -0.2) is 4.98 Å². The number of hydrogen-bond donors (Lipinski definition) is 2. The Bertz CT molecular complexity index is 965. The van der Waals surface area contributed by atoms with Crippen molar-refractivity contribution in [1.82, 2.24) is 15.6 Å². The maximum absolute atomic E-state index is 5.83. The zero-order valence-corrected chi connectivity index (χ0v) is 20.8. The predicted octanol–water partition coefficient (Wildman–Crippen LogP) is 5.03. The summed E-state index contributed by atoms with van der Waals surface area (Å²) in [5, 5.41) is 6.56. The van der Waals surface area contributed by atoms with Gasteiger partial charge >= 0.3 is 0 Å². The second-order valence-corrected chi connectivity index (χ2v) is 8.07. The molecular weight excluding hydrogens is 503 g/mol. The number of ether oxygens (including phenoxy) is 1. The van der Waals surface area contributed by atoms with Crippen LogP contribution in [0.4, 0.5) is 0 Å². The molecule has 166 valence electrons. The highest BCUT2D eigenvalue weighted by Gasteiger charge is 2.19. The van der Waals surface area contributed by atoms with E-state index in [4.69, 9.17) is 9.15 Å². The number of para-hydroxylation sites is 1. The Morgan fingerprint density at radius 3 is 2.39 bits per heavy atom. The van der Waals surface area contributed by atoms with Gasteiger partial charge in [0.1, 0.15) is 18.1 Å². The lowest BCUT2D eigenvalue weighted by Gasteiger charge is -2.13. The van der Waals surface area contributed by atoms with Gasteiger partial charge in [-0.1, -0.05) is 63.2 Å². The molecule has 0 saturated heterocycles. The average Bonchev–Trinajstić information content (AvgIpc) is 3.23. The van der Waals surface area contributed by atoms with E-state index in [9.17, 15) is 0 Å². The molecule has 0 amide bonds. The predicted molar refractivity (Wildman–Crippen MR) is 135 cm³/mol. The summed E-state index contributed by atoms with van der Waals surface area (Å²) < 4.78 is 11.6. The Morgan fingerprint density at radius 2 is 1.71 bits per heavy atom. The van der Waals surface area contributed by atoms with Gasteiger partial charge < -0.3 is 19.8 Å². The molecule has 0 radical (unpaired) electrons. The normalized spacial score (nSPS) is 11.5. The van der Waals surface area contributed by atoms with E-state index < -0.39 is 0 Å². The minimum absolute atomic E-state index is 0. The van der Waals surface area contributed by atoms with Crippen molar-refractivity contribution in [3.05, 3.63) is 83.6 Å². The van der Waals surface area contributed by atoms with Crippen molar-refractivity contribution >= 4 is 29.9 Å². The standard InChI is InChI=1S/C24H30N4O2.HI/c1-24(2,3)21-15-26-22(30-21)16-28-23(25-4)27-14-18-9-8-10-19(13-18)17-29-20-11-6-5-7-12-20;/h5-13,15H,14,16-17H2,1-4H3,(H2,25,27,28);1H. The van der Waals surface area contributed by atoms with Crippen LogP contribution in [0.5, 0.6) is 5.75 Å². The molecule has 2 aromatic carbocycles. The third-order valence-electron chi connectivity index (χ3n) is 4.52. The van der Waals surface area contributed by atoms with E-state index in [2.05, 4.69) is 59.6 Å². The average molecular weight is 534 g/mol. The third-order valence-corrected chi connectivity index (χ3v) is 4.52. The second kappa shape index (κ2) is 11.7. The van der Waals surface area contributed by atoms with Crippen molar-refractivity contribution in [2.75, 3.05) is 7.05 Å². The molecule has 0 unspecified atom stereocenters. The van der Waals surface area contributed by atoms with Gasteiger partial charge in [-0.15, -0.1) is 24.0 Å². The summed E-state index contributed by atoms with van der Waals surface area (Å²) in [6, 6.07) is 18.1. The number of guanidine groups is 1. The smallest absolute Gasteiger partial charge is 0.213 e. The SMILES string of the molecule is CN=C(NCc1cccc(COc2ccccc2)c1)NCc1ncc(C(C)(C)C)o1.I. The van der Waals surface area contributed by atoms with Crippen LogP contribution in [0.15, 0.2) is 70.2 Å². The van der Waals surface area contributed by atoms with Crippen molar-refractivity contribution in [3.8, 4) is 5.75 Å². The first-order chi connectivity index (χ1) is 14.4. The highest BCUT2D eigenvalue weighted by atomic mass is 127. The minimum Gasteiger partial charge on any atom is -0.489 e. The molecule has 1 aromatic heterocycles. The Kier molecular flexibility index (Phi) is 9.36. The van der Waals surface area contributed by atoms with E-state index in [0.717, 1.165) is 22.6 Å². The Hall–Kier alpha value is -2.55. The quantitative estimate of drug-likeness (QED) is 0.253. The first kappa shape index (κ1) is 24.7. The molecule has 6 nitrogen and oxygen atoms in total. The minimum atomic E-state index is -0.0551. The molecule has 31 heavy (non-hydrogen) atoms. The zero-order valence-electron chi connectivity index (χ0n) is 18.5. The van der Waals surface area contributed by atoms with Crippen LogP contribution in [0.1, 0.15) is 43.5 Å². The van der Waals surface area contributed by atoms with Gasteiger partial charge in [0, 0.05) is 19.0 Å². The van der Waals surface area contributed by atoms with Crippen molar-refractivity contribution in [1.29, 1.82) is 0 Å². The number of oxazole rings is 1. The van der Waals surface area contributed by atoms with Crippen molar-refractivity contribution in [2.45, 2.75) is 45.9 Å². The van der Waals surface area contributed by atoms with Gasteiger partial charge in [0.15, 0.2) is 5.96 Å². The lowest BCUT2D eigenvalue weighted by molar-refractivity contribution is 0.306. The lowest BCUT2D eigenvalue weighted by atomic mass is 9.94. The van der Waals surface area contributed by atoms with Gasteiger partial charge in [-0.3, -0.25) is 4.99 Å². The molecule has 1 heterocycles. The van der Waals surface area contributed by atoms with E-state index in [1.165, 1.54) is 0 Å². The van der Waals surface area contributed by atoms with Crippen molar-refractivity contribution < 1.29 is 9.15 Å². The van der Waals surface area contributed by atoms with Gasteiger partial charge in [0.25, 0.3) is 0 Å². The van der Waals surface area contributed by atoms with Gasteiger partial charge in [-0.2, -0.15) is 0 Å². The fourth-order valence-electron chi connectivity index (χ4n) is 2.82. The number of hydrogen-bond acceptors (Lipinski definition) is 4. The largest absolute Gasteiger partial charge is 0.489 e. The molecular formula is C24H31IN4O2. The van der Waals surface area contributed by atoms with E-state index in [1.54, 1.807) is 13.2 Å². The molecule has 2 N–H and O–H groups in total. The number of nitrogens with zero attached hydrogens (tertiary/aromatic N) is 2. The summed E-state index contributed by atoms with van der Waals surface area (Å²) in [5.41, 5.74) is 2.22. The summed E-state index contributed by atoms with van der Waals surface area (Å²) in [4.78, 5) is 8.61. The van der Waals surface area contributed by atoms with Crippen LogP contribution in [0.2, 0.25) is 0 Å². The molecule has 0 aliphatic carbocycles. The summed E-state index contributed by atoms with van der Waals surface area (Å²) in [5.74, 6) is 3.07. The monoisotopic (exact) mass is 534 g/mol. The molecule has 3 aromatic rings. The molecule has 0 bridgehead atoms. The van der Waals surface area contributed by atoms with Gasteiger partial charge in [0.2, 0.25) is 5.89 Å². The van der Waals surface area contributed by atoms with E-state index in [-0.39, 0.29) is 29.4 Å². The van der Waals surface area contributed by atoms with Crippen LogP contribution in [-0.2, 0) is 25.1 Å². The molecule has 0 atom stereocenters. The van der Waals surface area contributed by atoms with Crippen LogP contribution in [0.25, 0.3) is 0 Å². The van der Waals surface area contributed by atoms with Gasteiger partial charge in [-0.05, 0) is 23.3 Å². The Balaban J connectivity index is 0.00000341. The van der Waals surface area contributed by atoms with Gasteiger partial charge in [0.05, 0.1) is 12.7 Å². The lowest BCUT2D eigenvalue weighted by Crippen LogP contribution is -2.36. The maximum atomic E-state index is 5.83. The van der Waals surface area contributed by atoms with Crippen molar-refractivity contribution in [3.63, 3.8) is 0 Å². The van der Waals surface area contributed by atoms with Crippen LogP contribution in [-0.4, -0.2) is 18.0 Å². The van der Waals surface area contributed by atoms with Crippen molar-refractivity contribution in [2.24, 2.45) is 4.99 Å². The van der Waals surface area contributed by atoms with E-state index in [1.807, 2.05) is 36.4 Å². The van der Waals surface area contributed by atoms with Crippen LogP contribution < -0.4 is 15.4 Å². The molecule has 0 saturated carbocycles. The number of nitrogens with one attached hydrogen (secondary N) is 2. The molecule has 7 heteroatoms. The van der Waals surface area contributed by atoms with Crippen LogP contribution in [0.3, 0.4) is 0 Å². The number of aromatic nitrogens is 1. The van der Waals surface area contributed by atoms with E-state index in [0.29, 0.717) is 31.5 Å². The highest BCUT2D eigenvalue weighted by molar-refractivity contribution is 14.0. The molecule has 0 aliphatic heterocycles. The maximum Gasteiger partial charge on any atom is 0.213 e. The third kappa shape index (κ3) is 7.90.